The molecule has 3 aromatic rings. The first kappa shape index (κ1) is 20.9. The van der Waals surface area contributed by atoms with E-state index in [0.29, 0.717) is 33.0 Å². The molecule has 0 fully saturated rings. The number of hydrogen-bond donors (Lipinski definition) is 2. The van der Waals surface area contributed by atoms with E-state index in [-0.39, 0.29) is 11.7 Å². The summed E-state index contributed by atoms with van der Waals surface area (Å²) < 4.78 is 6.22. The largest absolute Gasteiger partial charge is 0.463 e. The summed E-state index contributed by atoms with van der Waals surface area (Å²) in [5.41, 5.74) is 2.31. The van der Waals surface area contributed by atoms with E-state index in [2.05, 4.69) is 20.7 Å². The molecule has 2 heterocycles. The van der Waals surface area contributed by atoms with E-state index in [1.807, 2.05) is 0 Å². The van der Waals surface area contributed by atoms with Crippen molar-refractivity contribution in [1.29, 1.82) is 0 Å². The molecule has 8 nitrogen and oxygen atoms in total. The number of esters is 1. The van der Waals surface area contributed by atoms with E-state index in [1.54, 1.807) is 55.5 Å². The zero-order valence-corrected chi connectivity index (χ0v) is 18.0. The van der Waals surface area contributed by atoms with Crippen LogP contribution >= 0.6 is 23.2 Å². The van der Waals surface area contributed by atoms with Crippen LogP contribution in [-0.2, 0) is 9.53 Å². The lowest BCUT2D eigenvalue weighted by atomic mass is 9.95. The molecule has 31 heavy (non-hydrogen) atoms. The molecule has 158 valence electrons. The molecular formula is C21H17Cl2N5O3. The SMILES string of the molecule is COC(=O)c1nc2n(n1)[C@H](c1ccc(Cl)cc1)C(C(=O)Nc1ccc(Cl)cc1)=C(C)N2. The average Bonchev–Trinajstić information content (AvgIpc) is 3.18. The number of aromatic nitrogens is 3. The van der Waals surface area contributed by atoms with Gasteiger partial charge in [-0.15, -0.1) is 5.10 Å². The molecule has 0 saturated carbocycles. The van der Waals surface area contributed by atoms with Crippen LogP contribution < -0.4 is 10.6 Å². The summed E-state index contributed by atoms with van der Waals surface area (Å²) in [4.78, 5) is 29.5. The van der Waals surface area contributed by atoms with Crippen LogP contribution in [0.3, 0.4) is 0 Å². The standard InChI is InChI=1S/C21H17Cl2N5O3/c1-11-16(19(29)25-15-9-7-14(23)8-10-15)17(12-3-5-13(22)6-4-12)28-21(24-11)26-18(27-28)20(30)31-2/h3-10,17H,1-2H3,(H,25,29)(H,24,26,27)/t17-/m1/s1. The smallest absolute Gasteiger partial charge is 0.378 e. The number of carbonyl (C=O) groups excluding carboxylic acids is 2. The quantitative estimate of drug-likeness (QED) is 0.566. The van der Waals surface area contributed by atoms with Gasteiger partial charge in [0.2, 0.25) is 5.95 Å². The molecule has 1 atom stereocenters. The topological polar surface area (TPSA) is 98.1 Å². The predicted octanol–water partition coefficient (Wildman–Crippen LogP) is 4.30. The Kier molecular flexibility index (Phi) is 5.67. The number of amides is 1. The second-order valence-electron chi connectivity index (χ2n) is 6.77. The summed E-state index contributed by atoms with van der Waals surface area (Å²) in [6.07, 6.45) is 0. The second kappa shape index (κ2) is 8.41. The van der Waals surface area contributed by atoms with Crippen molar-refractivity contribution in [3.63, 3.8) is 0 Å². The number of carbonyl (C=O) groups is 2. The molecule has 1 aliphatic rings. The monoisotopic (exact) mass is 457 g/mol. The van der Waals surface area contributed by atoms with Gasteiger partial charge >= 0.3 is 5.97 Å². The molecular weight excluding hydrogens is 441 g/mol. The molecule has 10 heteroatoms. The van der Waals surface area contributed by atoms with Gasteiger partial charge in [0, 0.05) is 21.4 Å². The molecule has 0 spiro atoms. The number of anilines is 2. The zero-order valence-electron chi connectivity index (χ0n) is 16.5. The number of benzene rings is 2. The summed E-state index contributed by atoms with van der Waals surface area (Å²) in [6.45, 7) is 1.76. The van der Waals surface area contributed by atoms with Crippen LogP contribution in [0.4, 0.5) is 11.6 Å². The van der Waals surface area contributed by atoms with Crippen molar-refractivity contribution in [2.75, 3.05) is 17.7 Å². The lowest BCUT2D eigenvalue weighted by molar-refractivity contribution is -0.113. The highest BCUT2D eigenvalue weighted by Crippen LogP contribution is 2.36. The van der Waals surface area contributed by atoms with Crippen LogP contribution in [0, 0.1) is 0 Å². The zero-order chi connectivity index (χ0) is 22.1. The number of halogens is 2. The highest BCUT2D eigenvalue weighted by Gasteiger charge is 2.35. The Balaban J connectivity index is 1.78. The van der Waals surface area contributed by atoms with Gasteiger partial charge < -0.3 is 15.4 Å². The van der Waals surface area contributed by atoms with E-state index in [9.17, 15) is 9.59 Å². The van der Waals surface area contributed by atoms with Crippen LogP contribution in [0.5, 0.6) is 0 Å². The van der Waals surface area contributed by atoms with Crippen LogP contribution in [0.1, 0.15) is 29.1 Å². The molecule has 0 bridgehead atoms. The molecule has 2 N–H and O–H groups in total. The first-order valence-electron chi connectivity index (χ1n) is 9.22. The Morgan fingerprint density at radius 3 is 2.29 bits per heavy atom. The molecule has 1 amide bonds. The van der Waals surface area contributed by atoms with Gasteiger partial charge in [-0.25, -0.2) is 9.48 Å². The maximum atomic E-state index is 13.3. The maximum absolute atomic E-state index is 13.3. The Hall–Kier alpha value is -3.36. The summed E-state index contributed by atoms with van der Waals surface area (Å²) in [7, 11) is 1.25. The third-order valence-electron chi connectivity index (χ3n) is 4.75. The first-order valence-corrected chi connectivity index (χ1v) is 9.98. The van der Waals surface area contributed by atoms with Crippen LogP contribution in [-0.4, -0.2) is 33.8 Å². The number of nitrogens with zero attached hydrogens (tertiary/aromatic N) is 3. The van der Waals surface area contributed by atoms with Gasteiger partial charge in [0.05, 0.1) is 12.7 Å². The molecule has 0 unspecified atom stereocenters. The van der Waals surface area contributed by atoms with Gasteiger partial charge in [0.15, 0.2) is 0 Å². The van der Waals surface area contributed by atoms with Gasteiger partial charge in [-0.05, 0) is 48.9 Å². The molecule has 0 aliphatic carbocycles. The van der Waals surface area contributed by atoms with E-state index in [4.69, 9.17) is 27.9 Å². The average molecular weight is 458 g/mol. The van der Waals surface area contributed by atoms with E-state index in [1.165, 1.54) is 11.8 Å². The van der Waals surface area contributed by atoms with Gasteiger partial charge in [-0.2, -0.15) is 4.98 Å². The number of hydrogen-bond acceptors (Lipinski definition) is 6. The van der Waals surface area contributed by atoms with Crippen molar-refractivity contribution in [1.82, 2.24) is 14.8 Å². The lowest BCUT2D eigenvalue weighted by Gasteiger charge is -2.28. The molecule has 0 radical (unpaired) electrons. The fourth-order valence-corrected chi connectivity index (χ4v) is 3.56. The minimum Gasteiger partial charge on any atom is -0.463 e. The summed E-state index contributed by atoms with van der Waals surface area (Å²) in [6, 6.07) is 13.2. The highest BCUT2D eigenvalue weighted by molar-refractivity contribution is 6.30. The number of ether oxygens (including phenoxy) is 1. The Morgan fingerprint density at radius 2 is 1.68 bits per heavy atom. The first-order chi connectivity index (χ1) is 14.9. The number of methoxy groups -OCH3 is 1. The third-order valence-corrected chi connectivity index (χ3v) is 5.26. The fourth-order valence-electron chi connectivity index (χ4n) is 3.31. The van der Waals surface area contributed by atoms with E-state index in [0.717, 1.165) is 5.56 Å². The van der Waals surface area contributed by atoms with E-state index < -0.39 is 12.0 Å². The molecule has 1 aromatic heterocycles. The molecule has 4 rings (SSSR count). The Labute approximate surface area is 187 Å². The van der Waals surface area contributed by atoms with Crippen molar-refractivity contribution in [3.8, 4) is 0 Å². The van der Waals surface area contributed by atoms with Gasteiger partial charge in [-0.1, -0.05) is 35.3 Å². The van der Waals surface area contributed by atoms with Crippen molar-refractivity contribution in [2.45, 2.75) is 13.0 Å². The van der Waals surface area contributed by atoms with Crippen molar-refractivity contribution < 1.29 is 14.3 Å². The van der Waals surface area contributed by atoms with Crippen molar-refractivity contribution in [2.24, 2.45) is 0 Å². The van der Waals surface area contributed by atoms with Crippen LogP contribution in [0.2, 0.25) is 10.0 Å². The van der Waals surface area contributed by atoms with Crippen LogP contribution in [0.15, 0.2) is 59.8 Å². The number of allylic oxidation sites excluding steroid dienone is 1. The van der Waals surface area contributed by atoms with Gasteiger partial charge in [0.1, 0.15) is 6.04 Å². The third kappa shape index (κ3) is 4.12. The fraction of sp³-hybridized carbons (Fsp3) is 0.143. The van der Waals surface area contributed by atoms with E-state index >= 15 is 0 Å². The Bertz CT molecular complexity index is 1190. The molecule has 0 saturated heterocycles. The summed E-state index contributed by atoms with van der Waals surface area (Å²) >= 11 is 12.0. The second-order valence-corrected chi connectivity index (χ2v) is 7.65. The molecule has 2 aromatic carbocycles. The number of fused-ring (bicyclic) bond motifs is 1. The number of nitrogens with one attached hydrogen (secondary N) is 2. The maximum Gasteiger partial charge on any atom is 0.378 e. The Morgan fingerprint density at radius 1 is 1.06 bits per heavy atom. The summed E-state index contributed by atoms with van der Waals surface area (Å²) in [5, 5.41) is 11.3. The molecule has 1 aliphatic heterocycles. The minimum atomic E-state index is -0.677. The summed E-state index contributed by atoms with van der Waals surface area (Å²) in [5.74, 6) is -0.812. The minimum absolute atomic E-state index is 0.115. The number of rotatable bonds is 4. The predicted molar refractivity (Wildman–Crippen MR) is 117 cm³/mol. The van der Waals surface area contributed by atoms with Crippen molar-refractivity contribution in [3.05, 3.63) is 81.2 Å². The van der Waals surface area contributed by atoms with Crippen molar-refractivity contribution >= 4 is 46.7 Å². The highest BCUT2D eigenvalue weighted by atomic mass is 35.5. The lowest BCUT2D eigenvalue weighted by Crippen LogP contribution is -2.31. The normalized spacial score (nSPS) is 15.2. The van der Waals surface area contributed by atoms with Gasteiger partial charge in [0.25, 0.3) is 11.7 Å². The van der Waals surface area contributed by atoms with Gasteiger partial charge in [-0.3, -0.25) is 4.79 Å². The van der Waals surface area contributed by atoms with Crippen LogP contribution in [0.25, 0.3) is 0 Å².